The van der Waals surface area contributed by atoms with Gasteiger partial charge in [0, 0.05) is 12.1 Å². The van der Waals surface area contributed by atoms with Crippen molar-refractivity contribution in [2.24, 2.45) is 0 Å². The third-order valence-electron chi connectivity index (χ3n) is 3.69. The number of ether oxygens (including phenoxy) is 2. The van der Waals surface area contributed by atoms with Crippen LogP contribution in [-0.4, -0.2) is 29.9 Å². The van der Waals surface area contributed by atoms with Crippen molar-refractivity contribution in [2.45, 2.75) is 64.3 Å². The molecule has 2 atom stereocenters. The second kappa shape index (κ2) is 8.04. The van der Waals surface area contributed by atoms with Gasteiger partial charge in [-0.3, -0.25) is 0 Å². The number of benzene rings is 1. The van der Waals surface area contributed by atoms with E-state index in [1.54, 1.807) is 0 Å². The van der Waals surface area contributed by atoms with Crippen LogP contribution in [0, 0.1) is 0 Å². The molecule has 6 nitrogen and oxygen atoms in total. The van der Waals surface area contributed by atoms with Crippen LogP contribution in [0.3, 0.4) is 0 Å². The van der Waals surface area contributed by atoms with E-state index in [9.17, 15) is 9.59 Å². The zero-order valence-corrected chi connectivity index (χ0v) is 14.5. The van der Waals surface area contributed by atoms with Crippen LogP contribution in [0.4, 0.5) is 9.59 Å². The van der Waals surface area contributed by atoms with Crippen LogP contribution in [0.2, 0.25) is 0 Å². The van der Waals surface area contributed by atoms with Gasteiger partial charge in [0.05, 0.1) is 0 Å². The van der Waals surface area contributed by atoms with Crippen molar-refractivity contribution in [3.63, 3.8) is 0 Å². The fourth-order valence-electron chi connectivity index (χ4n) is 2.65. The smallest absolute Gasteiger partial charge is 0.407 e. The van der Waals surface area contributed by atoms with Crippen molar-refractivity contribution in [1.82, 2.24) is 10.6 Å². The van der Waals surface area contributed by atoms with Crippen molar-refractivity contribution in [3.05, 3.63) is 35.9 Å². The Kier molecular flexibility index (Phi) is 6.06. The first-order valence-corrected chi connectivity index (χ1v) is 8.28. The molecular formula is C18H26N2O4. The van der Waals surface area contributed by atoms with E-state index in [-0.39, 0.29) is 18.7 Å². The van der Waals surface area contributed by atoms with Crippen molar-refractivity contribution < 1.29 is 19.1 Å². The number of amides is 2. The van der Waals surface area contributed by atoms with Gasteiger partial charge in [0.2, 0.25) is 0 Å². The van der Waals surface area contributed by atoms with Gasteiger partial charge in [-0.25, -0.2) is 9.59 Å². The van der Waals surface area contributed by atoms with E-state index in [0.29, 0.717) is 6.42 Å². The van der Waals surface area contributed by atoms with E-state index < -0.39 is 17.8 Å². The lowest BCUT2D eigenvalue weighted by molar-refractivity contribution is 0.0505. The molecule has 0 spiro atoms. The highest BCUT2D eigenvalue weighted by Gasteiger charge is 2.28. The lowest BCUT2D eigenvalue weighted by atomic mass is 10.2. The molecule has 1 saturated carbocycles. The number of carbonyl (C=O) groups is 2. The summed E-state index contributed by atoms with van der Waals surface area (Å²) in [5.41, 5.74) is 0.435. The Morgan fingerprint density at radius 2 is 1.62 bits per heavy atom. The van der Waals surface area contributed by atoms with Crippen LogP contribution in [0.1, 0.15) is 45.6 Å². The van der Waals surface area contributed by atoms with Gasteiger partial charge in [0.1, 0.15) is 12.2 Å². The van der Waals surface area contributed by atoms with E-state index in [1.807, 2.05) is 51.1 Å². The molecule has 132 valence electrons. The quantitative estimate of drug-likeness (QED) is 0.885. The first kappa shape index (κ1) is 18.1. The maximum absolute atomic E-state index is 11.8. The molecule has 1 aliphatic carbocycles. The first-order chi connectivity index (χ1) is 11.3. The summed E-state index contributed by atoms with van der Waals surface area (Å²) >= 11 is 0. The summed E-state index contributed by atoms with van der Waals surface area (Å²) in [6.45, 7) is 5.73. The maximum Gasteiger partial charge on any atom is 0.407 e. The lowest BCUT2D eigenvalue weighted by Crippen LogP contribution is -2.39. The number of carbonyl (C=O) groups excluding carboxylic acids is 2. The highest BCUT2D eigenvalue weighted by Crippen LogP contribution is 2.20. The van der Waals surface area contributed by atoms with Gasteiger partial charge in [0.25, 0.3) is 0 Å². The third-order valence-corrected chi connectivity index (χ3v) is 3.69. The monoisotopic (exact) mass is 334 g/mol. The molecule has 1 fully saturated rings. The molecule has 1 aliphatic rings. The zero-order valence-electron chi connectivity index (χ0n) is 14.5. The summed E-state index contributed by atoms with van der Waals surface area (Å²) in [5, 5.41) is 5.69. The number of hydrogen-bond donors (Lipinski definition) is 2. The van der Waals surface area contributed by atoms with Gasteiger partial charge in [-0.1, -0.05) is 30.3 Å². The van der Waals surface area contributed by atoms with Gasteiger partial charge in [-0.15, -0.1) is 0 Å². The van der Waals surface area contributed by atoms with Crippen molar-refractivity contribution in [1.29, 1.82) is 0 Å². The van der Waals surface area contributed by atoms with Crippen LogP contribution >= 0.6 is 0 Å². The Hall–Kier alpha value is -2.24. The molecule has 0 heterocycles. The summed E-state index contributed by atoms with van der Waals surface area (Å²) in [7, 11) is 0. The summed E-state index contributed by atoms with van der Waals surface area (Å²) in [4.78, 5) is 23.6. The van der Waals surface area contributed by atoms with Crippen LogP contribution < -0.4 is 10.6 Å². The van der Waals surface area contributed by atoms with Crippen molar-refractivity contribution >= 4 is 12.2 Å². The van der Waals surface area contributed by atoms with E-state index in [4.69, 9.17) is 9.47 Å². The Morgan fingerprint density at radius 1 is 1.04 bits per heavy atom. The predicted molar refractivity (Wildman–Crippen MR) is 90.6 cm³/mol. The second-order valence-corrected chi connectivity index (χ2v) is 7.06. The average Bonchev–Trinajstić information content (AvgIpc) is 2.91. The molecule has 2 unspecified atom stereocenters. The van der Waals surface area contributed by atoms with Gasteiger partial charge in [-0.2, -0.15) is 0 Å². The summed E-state index contributed by atoms with van der Waals surface area (Å²) < 4.78 is 10.5. The van der Waals surface area contributed by atoms with Gasteiger partial charge < -0.3 is 20.1 Å². The minimum absolute atomic E-state index is 0.00760. The molecule has 0 bridgehead atoms. The molecule has 2 amide bonds. The molecule has 0 aromatic heterocycles. The molecule has 2 rings (SSSR count). The predicted octanol–water partition coefficient (Wildman–Crippen LogP) is 3.36. The summed E-state index contributed by atoms with van der Waals surface area (Å²) in [6.07, 6.45) is 1.45. The molecule has 1 aromatic carbocycles. The molecule has 1 aromatic rings. The highest BCUT2D eigenvalue weighted by atomic mass is 16.6. The Morgan fingerprint density at radius 3 is 2.21 bits per heavy atom. The molecule has 2 N–H and O–H groups in total. The molecular weight excluding hydrogens is 308 g/mol. The normalized spacial score (nSPS) is 20.3. The Balaban J connectivity index is 1.67. The number of nitrogens with one attached hydrogen (secondary N) is 2. The van der Waals surface area contributed by atoms with Gasteiger partial charge in [0.15, 0.2) is 0 Å². The van der Waals surface area contributed by atoms with E-state index in [2.05, 4.69) is 10.6 Å². The highest BCUT2D eigenvalue weighted by molar-refractivity contribution is 5.69. The number of hydrogen-bond acceptors (Lipinski definition) is 4. The van der Waals surface area contributed by atoms with Crippen LogP contribution in [-0.2, 0) is 16.1 Å². The van der Waals surface area contributed by atoms with Crippen LogP contribution in [0.15, 0.2) is 30.3 Å². The van der Waals surface area contributed by atoms with E-state index in [0.717, 1.165) is 18.4 Å². The standard InChI is InChI=1S/C18H26N2O4/c1-18(2,3)24-17(22)20-15-10-9-14(11-15)19-16(21)23-12-13-7-5-4-6-8-13/h4-8,14-15H,9-12H2,1-3H3,(H,19,21)(H,20,22). The van der Waals surface area contributed by atoms with E-state index in [1.165, 1.54) is 0 Å². The van der Waals surface area contributed by atoms with E-state index >= 15 is 0 Å². The fraction of sp³-hybridized carbons (Fsp3) is 0.556. The van der Waals surface area contributed by atoms with Gasteiger partial charge >= 0.3 is 12.2 Å². The van der Waals surface area contributed by atoms with Crippen molar-refractivity contribution in [3.8, 4) is 0 Å². The summed E-state index contributed by atoms with van der Waals surface area (Å²) in [6, 6.07) is 9.56. The molecule has 6 heteroatoms. The maximum atomic E-state index is 11.8. The first-order valence-electron chi connectivity index (χ1n) is 8.28. The molecule has 0 saturated heterocycles. The van der Waals surface area contributed by atoms with Crippen molar-refractivity contribution in [2.75, 3.05) is 0 Å². The minimum Gasteiger partial charge on any atom is -0.445 e. The lowest BCUT2D eigenvalue weighted by Gasteiger charge is -2.21. The molecule has 24 heavy (non-hydrogen) atoms. The topological polar surface area (TPSA) is 76.7 Å². The third kappa shape index (κ3) is 6.48. The van der Waals surface area contributed by atoms with Crippen LogP contribution in [0.5, 0.6) is 0 Å². The minimum atomic E-state index is -0.512. The molecule has 0 radical (unpaired) electrons. The Bertz CT molecular complexity index is 554. The second-order valence-electron chi connectivity index (χ2n) is 7.06. The Labute approximate surface area is 142 Å². The van der Waals surface area contributed by atoms with Gasteiger partial charge in [-0.05, 0) is 45.6 Å². The zero-order chi connectivity index (χ0) is 17.6. The summed E-state index contributed by atoms with van der Waals surface area (Å²) in [5.74, 6) is 0. The SMILES string of the molecule is CC(C)(C)OC(=O)NC1CCC(NC(=O)OCc2ccccc2)C1. The fourth-order valence-corrected chi connectivity index (χ4v) is 2.65. The molecule has 0 aliphatic heterocycles. The number of alkyl carbamates (subject to hydrolysis) is 2. The van der Waals surface area contributed by atoms with Crippen LogP contribution in [0.25, 0.3) is 0 Å². The largest absolute Gasteiger partial charge is 0.445 e. The number of rotatable bonds is 4. The average molecular weight is 334 g/mol.